The van der Waals surface area contributed by atoms with Crippen LogP contribution in [0.25, 0.3) is 0 Å². The fourth-order valence-electron chi connectivity index (χ4n) is 3.37. The van der Waals surface area contributed by atoms with Crippen molar-refractivity contribution in [3.8, 4) is 11.5 Å². The Morgan fingerprint density at radius 3 is 2.50 bits per heavy atom. The number of nitrogens with one attached hydrogen (secondary N) is 1. The smallest absolute Gasteiger partial charge is 0.222 e. The lowest BCUT2D eigenvalue weighted by molar-refractivity contribution is 0.352. The molecule has 0 radical (unpaired) electrons. The topological polar surface area (TPSA) is 61.2 Å². The van der Waals surface area contributed by atoms with E-state index in [9.17, 15) is 4.39 Å². The summed E-state index contributed by atoms with van der Waals surface area (Å²) in [6.07, 6.45) is 2.28. The molecule has 0 spiro atoms. The van der Waals surface area contributed by atoms with E-state index in [-0.39, 0.29) is 17.9 Å². The Balaban J connectivity index is 1.72. The first kappa shape index (κ1) is 16.4. The highest BCUT2D eigenvalue weighted by atomic mass is 19.1. The number of aromatic nitrogens is 3. The summed E-state index contributed by atoms with van der Waals surface area (Å²) in [5.74, 6) is 1.79. The van der Waals surface area contributed by atoms with Crippen molar-refractivity contribution in [2.75, 3.05) is 19.5 Å². The highest BCUT2D eigenvalue weighted by molar-refractivity contribution is 5.46. The number of methoxy groups -OCH3 is 2. The third-order valence-electron chi connectivity index (χ3n) is 4.70. The lowest BCUT2D eigenvalue weighted by atomic mass is 9.93. The van der Waals surface area contributed by atoms with E-state index in [1.54, 1.807) is 26.4 Å². The van der Waals surface area contributed by atoms with E-state index in [0.717, 1.165) is 17.5 Å². The number of rotatable bonds is 4. The van der Waals surface area contributed by atoms with Crippen molar-refractivity contribution < 1.29 is 13.9 Å². The molecule has 134 valence electrons. The summed E-state index contributed by atoms with van der Waals surface area (Å²) in [7, 11) is 3.23. The number of ether oxygens (including phenoxy) is 2. The number of anilines is 1. The zero-order chi connectivity index (χ0) is 18.1. The van der Waals surface area contributed by atoms with Gasteiger partial charge in [-0.25, -0.2) is 9.07 Å². The summed E-state index contributed by atoms with van der Waals surface area (Å²) in [4.78, 5) is 4.31. The van der Waals surface area contributed by atoms with Crippen LogP contribution < -0.4 is 14.8 Å². The van der Waals surface area contributed by atoms with E-state index >= 15 is 0 Å². The van der Waals surface area contributed by atoms with Crippen LogP contribution in [0.5, 0.6) is 11.5 Å². The lowest BCUT2D eigenvalue weighted by Gasteiger charge is -2.32. The van der Waals surface area contributed by atoms with Crippen LogP contribution in [0.4, 0.5) is 10.3 Å². The molecule has 0 saturated carbocycles. The number of fused-ring (bicyclic) bond motifs is 1. The number of hydrogen-bond donors (Lipinski definition) is 1. The first-order valence-electron chi connectivity index (χ1n) is 8.33. The summed E-state index contributed by atoms with van der Waals surface area (Å²) in [5.41, 5.74) is 2.05. The fourth-order valence-corrected chi connectivity index (χ4v) is 3.37. The number of benzene rings is 2. The van der Waals surface area contributed by atoms with Crippen molar-refractivity contribution in [2.45, 2.75) is 18.5 Å². The Morgan fingerprint density at radius 1 is 1.04 bits per heavy atom. The van der Waals surface area contributed by atoms with Gasteiger partial charge in [0.2, 0.25) is 5.95 Å². The van der Waals surface area contributed by atoms with E-state index < -0.39 is 0 Å². The summed E-state index contributed by atoms with van der Waals surface area (Å²) >= 11 is 0. The predicted octanol–water partition coefficient (Wildman–Crippen LogP) is 3.58. The minimum absolute atomic E-state index is 0.00500. The summed E-state index contributed by atoms with van der Waals surface area (Å²) in [5, 5.41) is 7.74. The molecule has 0 amide bonds. The minimum atomic E-state index is -0.246. The maximum atomic E-state index is 13.3. The van der Waals surface area contributed by atoms with Gasteiger partial charge in [-0.3, -0.25) is 0 Å². The lowest BCUT2D eigenvalue weighted by Crippen LogP contribution is -2.28. The van der Waals surface area contributed by atoms with Crippen LogP contribution in [-0.4, -0.2) is 29.0 Å². The van der Waals surface area contributed by atoms with Crippen LogP contribution in [0.3, 0.4) is 0 Å². The van der Waals surface area contributed by atoms with Crippen LogP contribution >= 0.6 is 0 Å². The molecule has 4 rings (SSSR count). The average Bonchev–Trinajstić information content (AvgIpc) is 3.16. The van der Waals surface area contributed by atoms with Gasteiger partial charge in [0.25, 0.3) is 0 Å². The quantitative estimate of drug-likeness (QED) is 0.776. The second-order valence-corrected chi connectivity index (χ2v) is 6.14. The number of nitrogens with zero attached hydrogens (tertiary/aromatic N) is 3. The molecular weight excluding hydrogens is 335 g/mol. The highest BCUT2D eigenvalue weighted by Crippen LogP contribution is 2.39. The van der Waals surface area contributed by atoms with Crippen molar-refractivity contribution in [3.05, 3.63) is 65.7 Å². The monoisotopic (exact) mass is 354 g/mol. The van der Waals surface area contributed by atoms with Crippen LogP contribution in [0.15, 0.2) is 48.8 Å². The van der Waals surface area contributed by atoms with Crippen molar-refractivity contribution in [1.29, 1.82) is 0 Å². The predicted molar refractivity (Wildman–Crippen MR) is 95.1 cm³/mol. The molecule has 1 N–H and O–H groups in total. The summed E-state index contributed by atoms with van der Waals surface area (Å²) < 4.78 is 25.9. The van der Waals surface area contributed by atoms with Crippen molar-refractivity contribution >= 4 is 5.95 Å². The Hall–Kier alpha value is -3.09. The molecule has 6 nitrogen and oxygen atoms in total. The molecule has 0 bridgehead atoms. The van der Waals surface area contributed by atoms with Gasteiger partial charge < -0.3 is 14.8 Å². The molecule has 1 aromatic heterocycles. The molecule has 2 atom stereocenters. The standard InChI is InChI=1S/C19H19FN4O2/c1-25-17-8-5-13(9-18(17)26-2)16-10-15(12-3-6-14(20)7-4-12)23-19-21-11-22-24(16)19/h3-9,11,15-16H,10H2,1-2H3,(H,21,22,23)/t15-,16-/m0/s1. The molecular formula is C19H19FN4O2. The third-order valence-corrected chi connectivity index (χ3v) is 4.70. The zero-order valence-electron chi connectivity index (χ0n) is 14.5. The maximum Gasteiger partial charge on any atom is 0.222 e. The SMILES string of the molecule is COc1ccc([C@@H]2C[C@@H](c3ccc(F)cc3)Nc3ncnn32)cc1OC. The van der Waals surface area contributed by atoms with E-state index in [2.05, 4.69) is 15.4 Å². The fraction of sp³-hybridized carbons (Fsp3) is 0.263. The molecule has 0 saturated heterocycles. The molecule has 1 aliphatic heterocycles. The highest BCUT2D eigenvalue weighted by Gasteiger charge is 2.30. The Morgan fingerprint density at radius 2 is 1.77 bits per heavy atom. The van der Waals surface area contributed by atoms with Crippen LogP contribution in [0.2, 0.25) is 0 Å². The average molecular weight is 354 g/mol. The van der Waals surface area contributed by atoms with Gasteiger partial charge in [0.15, 0.2) is 11.5 Å². The van der Waals surface area contributed by atoms with Gasteiger partial charge in [-0.15, -0.1) is 0 Å². The van der Waals surface area contributed by atoms with Crippen LogP contribution in [-0.2, 0) is 0 Å². The Kier molecular flexibility index (Phi) is 4.20. The van der Waals surface area contributed by atoms with Gasteiger partial charge in [0.1, 0.15) is 12.1 Å². The normalized spacial score (nSPS) is 18.7. The molecule has 26 heavy (non-hydrogen) atoms. The molecule has 2 heterocycles. The summed E-state index contributed by atoms with van der Waals surface area (Å²) in [6, 6.07) is 12.4. The first-order chi connectivity index (χ1) is 12.7. The van der Waals surface area contributed by atoms with Crippen LogP contribution in [0, 0.1) is 5.82 Å². The largest absolute Gasteiger partial charge is 0.493 e. The van der Waals surface area contributed by atoms with Crippen molar-refractivity contribution in [2.24, 2.45) is 0 Å². The van der Waals surface area contributed by atoms with Gasteiger partial charge in [-0.2, -0.15) is 10.1 Å². The Labute approximate surface area is 150 Å². The zero-order valence-corrected chi connectivity index (χ0v) is 14.5. The van der Waals surface area contributed by atoms with Crippen LogP contribution in [0.1, 0.15) is 29.6 Å². The first-order valence-corrected chi connectivity index (χ1v) is 8.33. The second kappa shape index (κ2) is 6.67. The maximum absolute atomic E-state index is 13.3. The molecule has 1 aliphatic rings. The molecule has 0 aliphatic carbocycles. The molecule has 2 aromatic carbocycles. The number of halogens is 1. The second-order valence-electron chi connectivity index (χ2n) is 6.14. The van der Waals surface area contributed by atoms with Gasteiger partial charge in [0.05, 0.1) is 26.3 Å². The van der Waals surface area contributed by atoms with Gasteiger partial charge in [-0.1, -0.05) is 18.2 Å². The van der Waals surface area contributed by atoms with Gasteiger partial charge >= 0.3 is 0 Å². The number of hydrogen-bond acceptors (Lipinski definition) is 5. The van der Waals surface area contributed by atoms with Crippen molar-refractivity contribution in [3.63, 3.8) is 0 Å². The molecule has 0 unspecified atom stereocenters. The van der Waals surface area contributed by atoms with Gasteiger partial charge in [0, 0.05) is 0 Å². The molecule has 3 aromatic rings. The van der Waals surface area contributed by atoms with Crippen molar-refractivity contribution in [1.82, 2.24) is 14.8 Å². The molecule has 7 heteroatoms. The van der Waals surface area contributed by atoms with E-state index in [4.69, 9.17) is 9.47 Å². The van der Waals surface area contributed by atoms with E-state index in [1.807, 2.05) is 22.9 Å². The van der Waals surface area contributed by atoms with E-state index in [0.29, 0.717) is 17.4 Å². The van der Waals surface area contributed by atoms with E-state index in [1.165, 1.54) is 18.5 Å². The summed E-state index contributed by atoms with van der Waals surface area (Å²) in [6.45, 7) is 0. The third kappa shape index (κ3) is 2.85. The minimum Gasteiger partial charge on any atom is -0.493 e. The van der Waals surface area contributed by atoms with Gasteiger partial charge in [-0.05, 0) is 41.8 Å². The Bertz CT molecular complexity index is 910. The molecule has 0 fully saturated rings.